The van der Waals surface area contributed by atoms with Crippen molar-refractivity contribution in [1.82, 2.24) is 9.88 Å². The third-order valence-electron chi connectivity index (χ3n) is 4.14. The van der Waals surface area contributed by atoms with Gasteiger partial charge in [0.1, 0.15) is 0 Å². The van der Waals surface area contributed by atoms with Crippen LogP contribution in [0.25, 0.3) is 10.9 Å². The summed E-state index contributed by atoms with van der Waals surface area (Å²) >= 11 is 0. The maximum absolute atomic E-state index is 12.2. The van der Waals surface area contributed by atoms with Gasteiger partial charge >= 0.3 is 0 Å². The predicted octanol–water partition coefficient (Wildman–Crippen LogP) is 2.73. The zero-order chi connectivity index (χ0) is 14.8. The summed E-state index contributed by atoms with van der Waals surface area (Å²) in [7, 11) is 2.13. The molecular weight excluding hydrogens is 262 g/mol. The number of aromatic nitrogens is 1. The molecule has 4 heteroatoms. The molecule has 1 aliphatic heterocycles. The Labute approximate surface area is 125 Å². The fourth-order valence-electron chi connectivity index (χ4n) is 3.18. The number of pyridine rings is 1. The molecule has 1 aliphatic rings. The van der Waals surface area contributed by atoms with E-state index in [0.29, 0.717) is 0 Å². The number of H-pyrrole nitrogens is 1. The molecule has 3 rings (SSSR count). The molecule has 2 heterocycles. The third-order valence-corrected chi connectivity index (χ3v) is 4.14. The first-order chi connectivity index (χ1) is 10.2. The Balaban J connectivity index is 2.01. The van der Waals surface area contributed by atoms with Crippen molar-refractivity contribution in [3.8, 4) is 0 Å². The van der Waals surface area contributed by atoms with E-state index < -0.39 is 0 Å². The fraction of sp³-hybridized carbons (Fsp3) is 0.471. The summed E-state index contributed by atoms with van der Waals surface area (Å²) in [5.41, 5.74) is 4.18. The van der Waals surface area contributed by atoms with Crippen LogP contribution in [0.3, 0.4) is 0 Å². The van der Waals surface area contributed by atoms with E-state index in [1.54, 1.807) is 0 Å². The minimum atomic E-state index is 0.0590. The van der Waals surface area contributed by atoms with E-state index in [1.165, 1.54) is 5.56 Å². The summed E-state index contributed by atoms with van der Waals surface area (Å²) in [6, 6.07) is 6.42. The molecule has 21 heavy (non-hydrogen) atoms. The van der Waals surface area contributed by atoms with Crippen LogP contribution in [0.4, 0.5) is 5.69 Å². The molecule has 0 spiro atoms. The maximum Gasteiger partial charge on any atom is 0.253 e. The number of rotatable bonds is 4. The van der Waals surface area contributed by atoms with Crippen molar-refractivity contribution >= 4 is 16.6 Å². The lowest BCUT2D eigenvalue weighted by Crippen LogP contribution is -2.22. The Morgan fingerprint density at radius 1 is 1.33 bits per heavy atom. The van der Waals surface area contributed by atoms with Crippen LogP contribution in [-0.4, -0.2) is 30.0 Å². The van der Waals surface area contributed by atoms with Crippen molar-refractivity contribution < 1.29 is 0 Å². The molecule has 0 bridgehead atoms. The van der Waals surface area contributed by atoms with Crippen molar-refractivity contribution in [3.05, 3.63) is 39.7 Å². The van der Waals surface area contributed by atoms with E-state index in [-0.39, 0.29) is 5.56 Å². The average molecular weight is 285 g/mol. The van der Waals surface area contributed by atoms with Gasteiger partial charge < -0.3 is 15.2 Å². The first kappa shape index (κ1) is 14.1. The minimum absolute atomic E-state index is 0.0590. The maximum atomic E-state index is 12.2. The summed E-state index contributed by atoms with van der Waals surface area (Å²) in [5.74, 6) is 0. The van der Waals surface area contributed by atoms with Crippen LogP contribution in [0, 0.1) is 0 Å². The topological polar surface area (TPSA) is 48.1 Å². The van der Waals surface area contributed by atoms with E-state index in [0.717, 1.165) is 61.1 Å². The quantitative estimate of drug-likeness (QED) is 0.908. The van der Waals surface area contributed by atoms with Crippen molar-refractivity contribution in [2.24, 2.45) is 0 Å². The number of hydrogen-bond donors (Lipinski definition) is 2. The van der Waals surface area contributed by atoms with Crippen LogP contribution >= 0.6 is 0 Å². The number of nitrogens with one attached hydrogen (secondary N) is 2. The molecule has 2 N–H and O–H groups in total. The zero-order valence-electron chi connectivity index (χ0n) is 12.8. The van der Waals surface area contributed by atoms with Crippen molar-refractivity contribution in [3.63, 3.8) is 0 Å². The number of anilines is 1. The van der Waals surface area contributed by atoms with Gasteiger partial charge in [-0.2, -0.15) is 0 Å². The summed E-state index contributed by atoms with van der Waals surface area (Å²) in [6.45, 7) is 5.13. The molecule has 0 fully saturated rings. The molecule has 4 nitrogen and oxygen atoms in total. The summed E-state index contributed by atoms with van der Waals surface area (Å²) in [4.78, 5) is 17.6. The number of hydrogen-bond acceptors (Lipinski definition) is 3. The predicted molar refractivity (Wildman–Crippen MR) is 88.0 cm³/mol. The standard InChI is InChI=1S/C17H23N3O/c1-3-9-20(2)11-12-6-7-13-15(10-12)19-17(21)14-5-4-8-18-16(13)14/h6-7,10,18H,3-5,8-9,11H2,1-2H3,(H,19,21). The lowest BCUT2D eigenvalue weighted by atomic mass is 10.0. The number of fused-ring (bicyclic) bond motifs is 3. The molecule has 1 aromatic carbocycles. The molecule has 0 aliphatic carbocycles. The van der Waals surface area contributed by atoms with Crippen LogP contribution < -0.4 is 10.9 Å². The molecule has 1 aromatic heterocycles. The van der Waals surface area contributed by atoms with Crippen LogP contribution in [-0.2, 0) is 13.0 Å². The summed E-state index contributed by atoms with van der Waals surface area (Å²) in [6.07, 6.45) is 3.05. The van der Waals surface area contributed by atoms with Gasteiger partial charge in [-0.05, 0) is 44.5 Å². The lowest BCUT2D eigenvalue weighted by Gasteiger charge is -2.20. The van der Waals surface area contributed by atoms with Gasteiger partial charge in [0, 0.05) is 24.0 Å². The second kappa shape index (κ2) is 5.90. The van der Waals surface area contributed by atoms with E-state index in [2.05, 4.69) is 47.4 Å². The Morgan fingerprint density at radius 2 is 2.19 bits per heavy atom. The number of nitrogens with zero attached hydrogens (tertiary/aromatic N) is 1. The van der Waals surface area contributed by atoms with Crippen LogP contribution in [0.15, 0.2) is 23.0 Å². The van der Waals surface area contributed by atoms with E-state index >= 15 is 0 Å². The SMILES string of the molecule is CCCN(C)Cc1ccc2c3c(c(=O)[nH]c2c1)CCCN3. The van der Waals surface area contributed by atoms with Gasteiger partial charge in [-0.1, -0.05) is 19.1 Å². The fourth-order valence-corrected chi connectivity index (χ4v) is 3.18. The van der Waals surface area contributed by atoms with Gasteiger partial charge in [0.2, 0.25) is 0 Å². The molecule has 2 aromatic rings. The van der Waals surface area contributed by atoms with Gasteiger partial charge in [-0.15, -0.1) is 0 Å². The smallest absolute Gasteiger partial charge is 0.253 e. The number of aromatic amines is 1. The summed E-state index contributed by atoms with van der Waals surface area (Å²) in [5, 5.41) is 4.53. The minimum Gasteiger partial charge on any atom is -0.384 e. The van der Waals surface area contributed by atoms with Crippen LogP contribution in [0.1, 0.15) is 30.9 Å². The van der Waals surface area contributed by atoms with Gasteiger partial charge in [0.05, 0.1) is 11.2 Å². The normalized spacial score (nSPS) is 14.2. The highest BCUT2D eigenvalue weighted by atomic mass is 16.1. The van der Waals surface area contributed by atoms with E-state index in [4.69, 9.17) is 0 Å². The molecule has 0 atom stereocenters. The highest BCUT2D eigenvalue weighted by Crippen LogP contribution is 2.28. The first-order valence-electron chi connectivity index (χ1n) is 7.79. The molecular formula is C17H23N3O. The average Bonchev–Trinajstić information content (AvgIpc) is 2.47. The van der Waals surface area contributed by atoms with Gasteiger partial charge in [0.25, 0.3) is 5.56 Å². The van der Waals surface area contributed by atoms with Crippen LogP contribution in [0.5, 0.6) is 0 Å². The summed E-state index contributed by atoms with van der Waals surface area (Å²) < 4.78 is 0. The third kappa shape index (κ3) is 2.81. The van der Waals surface area contributed by atoms with Crippen molar-refractivity contribution in [2.75, 3.05) is 25.5 Å². The molecule has 0 unspecified atom stereocenters. The van der Waals surface area contributed by atoms with Gasteiger partial charge in [-0.3, -0.25) is 4.79 Å². The highest BCUT2D eigenvalue weighted by molar-refractivity contribution is 5.93. The van der Waals surface area contributed by atoms with E-state index in [1.807, 2.05) is 0 Å². The lowest BCUT2D eigenvalue weighted by molar-refractivity contribution is 0.327. The molecule has 0 saturated carbocycles. The zero-order valence-corrected chi connectivity index (χ0v) is 12.8. The number of benzene rings is 1. The highest BCUT2D eigenvalue weighted by Gasteiger charge is 2.16. The Hall–Kier alpha value is -1.81. The molecule has 0 radical (unpaired) electrons. The van der Waals surface area contributed by atoms with Gasteiger partial charge in [-0.25, -0.2) is 0 Å². The Morgan fingerprint density at radius 3 is 3.00 bits per heavy atom. The monoisotopic (exact) mass is 285 g/mol. The van der Waals surface area contributed by atoms with E-state index in [9.17, 15) is 4.79 Å². The van der Waals surface area contributed by atoms with Crippen LogP contribution in [0.2, 0.25) is 0 Å². The molecule has 0 saturated heterocycles. The Bertz CT molecular complexity index is 705. The molecule has 0 amide bonds. The Kier molecular flexibility index (Phi) is 3.97. The second-order valence-corrected chi connectivity index (χ2v) is 5.96. The molecule has 112 valence electrons. The largest absolute Gasteiger partial charge is 0.384 e. The van der Waals surface area contributed by atoms with Gasteiger partial charge in [0.15, 0.2) is 0 Å². The second-order valence-electron chi connectivity index (χ2n) is 5.96. The van der Waals surface area contributed by atoms with Crippen molar-refractivity contribution in [1.29, 1.82) is 0 Å². The first-order valence-corrected chi connectivity index (χ1v) is 7.79. The van der Waals surface area contributed by atoms with Crippen molar-refractivity contribution in [2.45, 2.75) is 32.7 Å².